The van der Waals surface area contributed by atoms with Crippen molar-refractivity contribution in [3.63, 3.8) is 0 Å². The molecule has 1 aliphatic rings. The van der Waals surface area contributed by atoms with E-state index in [0.717, 1.165) is 6.26 Å². The second-order valence-electron chi connectivity index (χ2n) is 8.25. The van der Waals surface area contributed by atoms with Gasteiger partial charge in [-0.25, -0.2) is 22.1 Å². The largest absolute Gasteiger partial charge is 0.472 e. The molecule has 1 amide bonds. The minimum absolute atomic E-state index is 0.0717. The van der Waals surface area contributed by atoms with Crippen molar-refractivity contribution in [1.82, 2.24) is 14.2 Å². The van der Waals surface area contributed by atoms with Crippen molar-refractivity contribution in [2.45, 2.75) is 26.0 Å². The highest BCUT2D eigenvalue weighted by Crippen LogP contribution is 2.30. The molecule has 1 aromatic heterocycles. The molecule has 0 aliphatic carbocycles. The van der Waals surface area contributed by atoms with Crippen molar-refractivity contribution in [2.24, 2.45) is 5.92 Å². The molecule has 1 aromatic carbocycles. The van der Waals surface area contributed by atoms with Crippen molar-refractivity contribution in [3.05, 3.63) is 47.9 Å². The number of aliphatic hydroxyl groups excluding tert-OH is 1. The first-order valence-corrected chi connectivity index (χ1v) is 12.1. The SMILES string of the molecule is C[C@@H]1CN([C@@H](C)CO)C(=O)c2cc(-c3cccc(F)c3)cnc2O[C@H]1CN(C)S(C)(=O)=O. The molecule has 3 rings (SSSR count). The van der Waals surface area contributed by atoms with E-state index in [1.54, 1.807) is 25.1 Å². The maximum atomic E-state index is 13.7. The van der Waals surface area contributed by atoms with Crippen LogP contribution in [0.3, 0.4) is 0 Å². The van der Waals surface area contributed by atoms with E-state index >= 15 is 0 Å². The number of hydrogen-bond donors (Lipinski definition) is 1. The van der Waals surface area contributed by atoms with E-state index in [1.165, 1.54) is 34.6 Å². The van der Waals surface area contributed by atoms with E-state index in [1.807, 2.05) is 6.92 Å². The van der Waals surface area contributed by atoms with Crippen LogP contribution < -0.4 is 4.74 Å². The zero-order valence-electron chi connectivity index (χ0n) is 18.5. The van der Waals surface area contributed by atoms with Crippen LogP contribution in [-0.4, -0.2) is 78.8 Å². The number of carbonyl (C=O) groups excluding carboxylic acids is 1. The maximum absolute atomic E-state index is 13.7. The van der Waals surface area contributed by atoms with Crippen molar-refractivity contribution < 1.29 is 27.4 Å². The summed E-state index contributed by atoms with van der Waals surface area (Å²) < 4.78 is 44.8. The first kappa shape index (κ1) is 24.1. The Morgan fingerprint density at radius 2 is 2.06 bits per heavy atom. The Hall–Kier alpha value is -2.56. The molecule has 1 aliphatic heterocycles. The molecular weight excluding hydrogens is 437 g/mol. The minimum atomic E-state index is -3.44. The summed E-state index contributed by atoms with van der Waals surface area (Å²) in [6.45, 7) is 3.68. The molecule has 0 bridgehead atoms. The average Bonchev–Trinajstić information content (AvgIpc) is 2.74. The van der Waals surface area contributed by atoms with Gasteiger partial charge >= 0.3 is 0 Å². The van der Waals surface area contributed by atoms with Gasteiger partial charge in [-0.15, -0.1) is 0 Å². The Kier molecular flexibility index (Phi) is 7.16. The standard InChI is InChI=1S/C22H28FN3O5S/c1-14-11-26(15(2)13-27)22(28)19-9-17(16-6-5-7-18(23)8-16)10-24-21(19)31-20(14)12-25(3)32(4,29)30/h5-10,14-15,20,27H,11-13H2,1-4H3/t14-,15+,20+/m1/s1. The fourth-order valence-electron chi connectivity index (χ4n) is 3.53. The van der Waals surface area contributed by atoms with Crippen molar-refractivity contribution in [1.29, 1.82) is 0 Å². The molecule has 0 saturated heterocycles. The van der Waals surface area contributed by atoms with Gasteiger partial charge in [0, 0.05) is 31.3 Å². The number of halogens is 1. The third kappa shape index (κ3) is 5.25. The topological polar surface area (TPSA) is 100 Å². The Morgan fingerprint density at radius 1 is 1.34 bits per heavy atom. The number of amides is 1. The zero-order chi connectivity index (χ0) is 23.6. The summed E-state index contributed by atoms with van der Waals surface area (Å²) in [6, 6.07) is 7.07. The van der Waals surface area contributed by atoms with E-state index in [4.69, 9.17) is 4.74 Å². The van der Waals surface area contributed by atoms with E-state index in [2.05, 4.69) is 4.98 Å². The predicted octanol–water partition coefficient (Wildman–Crippen LogP) is 2.00. The van der Waals surface area contributed by atoms with Gasteiger partial charge in [0.1, 0.15) is 17.5 Å². The lowest BCUT2D eigenvalue weighted by Gasteiger charge is -2.37. The summed E-state index contributed by atoms with van der Waals surface area (Å²) in [5.74, 6) is -0.946. The van der Waals surface area contributed by atoms with Crippen LogP contribution >= 0.6 is 0 Å². The Bertz CT molecular complexity index is 1090. The summed E-state index contributed by atoms with van der Waals surface area (Å²) in [6.07, 6.45) is 2.02. The zero-order valence-corrected chi connectivity index (χ0v) is 19.3. The van der Waals surface area contributed by atoms with Gasteiger partial charge in [0.2, 0.25) is 15.9 Å². The fourth-order valence-corrected chi connectivity index (χ4v) is 3.95. The van der Waals surface area contributed by atoms with Crippen LogP contribution in [-0.2, 0) is 10.0 Å². The number of ether oxygens (including phenoxy) is 1. The molecule has 32 heavy (non-hydrogen) atoms. The lowest BCUT2D eigenvalue weighted by atomic mass is 9.99. The molecule has 0 unspecified atom stereocenters. The number of rotatable bonds is 6. The van der Waals surface area contributed by atoms with Gasteiger partial charge in [0.15, 0.2) is 0 Å². The number of sulfonamides is 1. The van der Waals surface area contributed by atoms with Crippen LogP contribution in [0.2, 0.25) is 0 Å². The molecule has 2 heterocycles. The molecular formula is C22H28FN3O5S. The molecule has 10 heteroatoms. The van der Waals surface area contributed by atoms with Crippen molar-refractivity contribution in [3.8, 4) is 17.0 Å². The van der Waals surface area contributed by atoms with Gasteiger partial charge in [0.25, 0.3) is 5.91 Å². The molecule has 174 valence electrons. The highest BCUT2D eigenvalue weighted by Gasteiger charge is 2.35. The number of aliphatic hydroxyl groups is 1. The summed E-state index contributed by atoms with van der Waals surface area (Å²) in [4.78, 5) is 19.3. The fraction of sp³-hybridized carbons (Fsp3) is 0.455. The van der Waals surface area contributed by atoms with Crippen LogP contribution in [0.15, 0.2) is 36.5 Å². The number of hydrogen-bond acceptors (Lipinski definition) is 6. The lowest BCUT2D eigenvalue weighted by Crippen LogP contribution is -2.50. The first-order chi connectivity index (χ1) is 15.0. The van der Waals surface area contributed by atoms with E-state index in [9.17, 15) is 22.7 Å². The highest BCUT2D eigenvalue weighted by molar-refractivity contribution is 7.88. The molecule has 2 aromatic rings. The summed E-state index contributed by atoms with van der Waals surface area (Å²) in [5, 5.41) is 9.71. The number of likely N-dealkylation sites (N-methyl/N-ethyl adjacent to an activating group) is 1. The Labute approximate surface area is 187 Å². The molecule has 3 atom stereocenters. The molecule has 1 N–H and O–H groups in total. The first-order valence-electron chi connectivity index (χ1n) is 10.3. The van der Waals surface area contributed by atoms with E-state index < -0.39 is 28.0 Å². The Balaban J connectivity index is 2.07. The van der Waals surface area contributed by atoms with Gasteiger partial charge in [-0.3, -0.25) is 4.79 Å². The predicted molar refractivity (Wildman–Crippen MR) is 118 cm³/mol. The van der Waals surface area contributed by atoms with Crippen molar-refractivity contribution >= 4 is 15.9 Å². The monoisotopic (exact) mass is 465 g/mol. The third-order valence-corrected chi connectivity index (χ3v) is 6.96. The van der Waals surface area contributed by atoms with Gasteiger partial charge in [0.05, 0.1) is 25.4 Å². The van der Waals surface area contributed by atoms with Crippen LogP contribution in [0.25, 0.3) is 11.1 Å². The molecule has 8 nitrogen and oxygen atoms in total. The van der Waals surface area contributed by atoms with Gasteiger partial charge in [-0.05, 0) is 30.7 Å². The van der Waals surface area contributed by atoms with Gasteiger partial charge in [-0.2, -0.15) is 0 Å². The summed E-state index contributed by atoms with van der Waals surface area (Å²) in [5.41, 5.74) is 1.26. The molecule has 0 fully saturated rings. The third-order valence-electron chi connectivity index (χ3n) is 5.68. The van der Waals surface area contributed by atoms with Crippen LogP contribution in [0.1, 0.15) is 24.2 Å². The normalized spacial score (nSPS) is 20.3. The number of benzene rings is 1. The number of pyridine rings is 1. The number of carbonyl (C=O) groups is 1. The maximum Gasteiger partial charge on any atom is 0.259 e. The molecule has 0 spiro atoms. The summed E-state index contributed by atoms with van der Waals surface area (Å²) in [7, 11) is -1.98. The lowest BCUT2D eigenvalue weighted by molar-refractivity contribution is 0.0374. The average molecular weight is 466 g/mol. The Morgan fingerprint density at radius 3 is 2.69 bits per heavy atom. The second-order valence-corrected chi connectivity index (χ2v) is 10.3. The smallest absolute Gasteiger partial charge is 0.259 e. The van der Waals surface area contributed by atoms with Gasteiger partial charge < -0.3 is 14.7 Å². The number of aromatic nitrogens is 1. The highest BCUT2D eigenvalue weighted by atomic mass is 32.2. The van der Waals surface area contributed by atoms with Crippen LogP contribution in [0.4, 0.5) is 4.39 Å². The molecule has 0 radical (unpaired) electrons. The van der Waals surface area contributed by atoms with Crippen molar-refractivity contribution in [2.75, 3.05) is 33.0 Å². The quantitative estimate of drug-likeness (QED) is 0.701. The van der Waals surface area contributed by atoms with Gasteiger partial charge in [-0.1, -0.05) is 19.1 Å². The number of fused-ring (bicyclic) bond motifs is 1. The van der Waals surface area contributed by atoms with Crippen LogP contribution in [0.5, 0.6) is 5.88 Å². The van der Waals surface area contributed by atoms with E-state index in [0.29, 0.717) is 11.1 Å². The van der Waals surface area contributed by atoms with Crippen LogP contribution in [0, 0.1) is 11.7 Å². The van der Waals surface area contributed by atoms with E-state index in [-0.39, 0.29) is 43.0 Å². The molecule has 0 saturated carbocycles. The minimum Gasteiger partial charge on any atom is -0.472 e. The number of nitrogens with zero attached hydrogens (tertiary/aromatic N) is 3. The summed E-state index contributed by atoms with van der Waals surface area (Å²) >= 11 is 0. The second kappa shape index (κ2) is 9.51.